The number of fused-ring (bicyclic) bond motifs is 2. The van der Waals surface area contributed by atoms with Gasteiger partial charge < -0.3 is 15.5 Å². The average Bonchev–Trinajstić information content (AvgIpc) is 3.30. The minimum Gasteiger partial charge on any atom is -0.384 e. The third-order valence-electron chi connectivity index (χ3n) is 5.90. The Hall–Kier alpha value is -3.35. The smallest absolute Gasteiger partial charge is 0.255 e. The minimum absolute atomic E-state index is 0.140. The zero-order valence-electron chi connectivity index (χ0n) is 16.0. The number of hydrogen-bond acceptors (Lipinski definition) is 5. The van der Waals surface area contributed by atoms with E-state index in [0.29, 0.717) is 25.1 Å². The molecular formula is C22H22N4O3. The molecule has 0 radical (unpaired) electrons. The largest absolute Gasteiger partial charge is 0.384 e. The van der Waals surface area contributed by atoms with Crippen LogP contribution in [0.5, 0.6) is 0 Å². The van der Waals surface area contributed by atoms with Gasteiger partial charge in [-0.05, 0) is 47.7 Å². The molecule has 7 heteroatoms. The molecule has 0 aromatic heterocycles. The van der Waals surface area contributed by atoms with Crippen LogP contribution >= 0.6 is 0 Å². The normalized spacial score (nSPS) is 20.2. The van der Waals surface area contributed by atoms with E-state index in [-0.39, 0.29) is 24.1 Å². The summed E-state index contributed by atoms with van der Waals surface area (Å²) >= 11 is 0. The number of anilines is 2. The summed E-state index contributed by atoms with van der Waals surface area (Å²) in [5, 5.41) is 9.16. The number of piperidine rings is 1. The highest BCUT2D eigenvalue weighted by Gasteiger charge is 2.39. The van der Waals surface area contributed by atoms with Crippen molar-refractivity contribution in [1.29, 1.82) is 0 Å². The molecule has 3 aliphatic rings. The molecule has 2 aromatic carbocycles. The Kier molecular flexibility index (Phi) is 4.23. The summed E-state index contributed by atoms with van der Waals surface area (Å²) in [4.78, 5) is 37.9. The second-order valence-electron chi connectivity index (χ2n) is 7.79. The topological polar surface area (TPSA) is 90.5 Å². The summed E-state index contributed by atoms with van der Waals surface area (Å²) in [5.74, 6) is -0.793. The first-order chi connectivity index (χ1) is 14.1. The number of rotatable bonds is 4. The van der Waals surface area contributed by atoms with E-state index in [4.69, 9.17) is 0 Å². The number of benzene rings is 2. The van der Waals surface area contributed by atoms with Gasteiger partial charge in [-0.2, -0.15) is 0 Å². The van der Waals surface area contributed by atoms with Gasteiger partial charge in [-0.1, -0.05) is 18.2 Å². The van der Waals surface area contributed by atoms with Gasteiger partial charge in [-0.15, -0.1) is 0 Å². The number of hydrogen-bond donors (Lipinski definition) is 3. The van der Waals surface area contributed by atoms with Crippen LogP contribution in [-0.4, -0.2) is 35.2 Å². The van der Waals surface area contributed by atoms with Gasteiger partial charge in [-0.25, -0.2) is 0 Å². The lowest BCUT2D eigenvalue weighted by Gasteiger charge is -2.29. The lowest BCUT2D eigenvalue weighted by atomic mass is 10.0. The van der Waals surface area contributed by atoms with Crippen LogP contribution in [0.4, 0.5) is 11.4 Å². The number of nitrogens with one attached hydrogen (secondary N) is 3. The molecule has 29 heavy (non-hydrogen) atoms. The van der Waals surface area contributed by atoms with Gasteiger partial charge in [0.1, 0.15) is 6.04 Å². The van der Waals surface area contributed by atoms with Crippen molar-refractivity contribution in [2.75, 3.05) is 17.2 Å². The van der Waals surface area contributed by atoms with Crippen molar-refractivity contribution in [3.8, 4) is 0 Å². The second-order valence-corrected chi connectivity index (χ2v) is 7.79. The Morgan fingerprint density at radius 1 is 1.03 bits per heavy atom. The van der Waals surface area contributed by atoms with Crippen LogP contribution < -0.4 is 16.0 Å². The molecule has 3 heterocycles. The second kappa shape index (κ2) is 6.92. The van der Waals surface area contributed by atoms with Crippen LogP contribution in [0.15, 0.2) is 36.4 Å². The average molecular weight is 390 g/mol. The van der Waals surface area contributed by atoms with Crippen molar-refractivity contribution in [2.45, 2.75) is 38.4 Å². The molecule has 3 N–H and O–H groups in total. The fourth-order valence-corrected chi connectivity index (χ4v) is 4.34. The molecule has 1 fully saturated rings. The summed E-state index contributed by atoms with van der Waals surface area (Å²) in [6, 6.07) is 11.6. The van der Waals surface area contributed by atoms with Crippen LogP contribution in [0.1, 0.15) is 39.9 Å². The SMILES string of the molecule is O=C1CCC(N2Cc3cc(CNc4ccc5c(c4)NCC5)ccc3C2=O)C(=O)N1. The Bertz CT molecular complexity index is 1030. The first-order valence-electron chi connectivity index (χ1n) is 9.95. The number of amides is 3. The van der Waals surface area contributed by atoms with Gasteiger partial charge in [0.05, 0.1) is 0 Å². The zero-order valence-corrected chi connectivity index (χ0v) is 16.0. The summed E-state index contributed by atoms with van der Waals surface area (Å²) in [7, 11) is 0. The maximum absolute atomic E-state index is 12.8. The molecule has 3 amide bonds. The zero-order chi connectivity index (χ0) is 20.0. The van der Waals surface area contributed by atoms with Crippen molar-refractivity contribution in [3.05, 3.63) is 58.7 Å². The lowest BCUT2D eigenvalue weighted by Crippen LogP contribution is -2.52. The molecule has 0 saturated carbocycles. The highest BCUT2D eigenvalue weighted by atomic mass is 16.2. The van der Waals surface area contributed by atoms with Crippen LogP contribution in [0.25, 0.3) is 0 Å². The molecular weight excluding hydrogens is 368 g/mol. The third-order valence-corrected chi connectivity index (χ3v) is 5.90. The van der Waals surface area contributed by atoms with Gasteiger partial charge in [0, 0.05) is 43.0 Å². The fraction of sp³-hybridized carbons (Fsp3) is 0.318. The van der Waals surface area contributed by atoms with E-state index in [9.17, 15) is 14.4 Å². The quantitative estimate of drug-likeness (QED) is 0.695. The van der Waals surface area contributed by atoms with E-state index in [1.807, 2.05) is 18.2 Å². The fourth-order valence-electron chi connectivity index (χ4n) is 4.34. The van der Waals surface area contributed by atoms with E-state index in [1.54, 1.807) is 4.90 Å². The predicted molar refractivity (Wildman–Crippen MR) is 108 cm³/mol. The highest BCUT2D eigenvalue weighted by molar-refractivity contribution is 6.05. The van der Waals surface area contributed by atoms with E-state index in [2.05, 4.69) is 34.1 Å². The van der Waals surface area contributed by atoms with Crippen LogP contribution in [0.2, 0.25) is 0 Å². The summed E-state index contributed by atoms with van der Waals surface area (Å²) in [5.41, 5.74) is 6.24. The number of imide groups is 1. The molecule has 0 bridgehead atoms. The standard InChI is InChI=1S/C22H22N4O3/c27-20-6-5-19(21(28)25-20)26-12-15-9-13(1-4-17(15)22(26)29)11-24-16-3-2-14-7-8-23-18(14)10-16/h1-4,9-10,19,23-24H,5-8,11-12H2,(H,25,27,28). The highest BCUT2D eigenvalue weighted by Crippen LogP contribution is 2.29. The number of carbonyl (C=O) groups excluding carboxylic acids is 3. The van der Waals surface area contributed by atoms with Crippen molar-refractivity contribution < 1.29 is 14.4 Å². The monoisotopic (exact) mass is 390 g/mol. The first kappa shape index (κ1) is 17.7. The molecule has 0 spiro atoms. The summed E-state index contributed by atoms with van der Waals surface area (Å²) in [6.07, 6.45) is 1.71. The molecule has 2 aromatic rings. The van der Waals surface area contributed by atoms with E-state index >= 15 is 0 Å². The Morgan fingerprint density at radius 3 is 2.79 bits per heavy atom. The molecule has 1 atom stereocenters. The number of carbonyl (C=O) groups is 3. The van der Waals surface area contributed by atoms with Crippen molar-refractivity contribution in [1.82, 2.24) is 10.2 Å². The van der Waals surface area contributed by atoms with E-state index in [1.165, 1.54) is 11.3 Å². The lowest BCUT2D eigenvalue weighted by molar-refractivity contribution is -0.136. The van der Waals surface area contributed by atoms with Gasteiger partial charge in [0.2, 0.25) is 11.8 Å². The third kappa shape index (κ3) is 3.22. The van der Waals surface area contributed by atoms with Gasteiger partial charge in [0.25, 0.3) is 5.91 Å². The van der Waals surface area contributed by atoms with Gasteiger partial charge in [-0.3, -0.25) is 19.7 Å². The maximum atomic E-state index is 12.8. The summed E-state index contributed by atoms with van der Waals surface area (Å²) < 4.78 is 0. The number of nitrogens with zero attached hydrogens (tertiary/aromatic N) is 1. The molecule has 5 rings (SSSR count). The van der Waals surface area contributed by atoms with Crippen LogP contribution in [0.3, 0.4) is 0 Å². The molecule has 1 saturated heterocycles. The molecule has 148 valence electrons. The van der Waals surface area contributed by atoms with E-state index < -0.39 is 6.04 Å². The van der Waals surface area contributed by atoms with Crippen LogP contribution in [0, 0.1) is 0 Å². The molecule has 3 aliphatic heterocycles. The van der Waals surface area contributed by atoms with Gasteiger partial charge in [0.15, 0.2) is 0 Å². The van der Waals surface area contributed by atoms with Gasteiger partial charge >= 0.3 is 0 Å². The minimum atomic E-state index is -0.576. The van der Waals surface area contributed by atoms with Crippen molar-refractivity contribution in [3.63, 3.8) is 0 Å². The molecule has 1 unspecified atom stereocenters. The van der Waals surface area contributed by atoms with Crippen molar-refractivity contribution >= 4 is 29.1 Å². The Labute approximate surface area is 168 Å². The van der Waals surface area contributed by atoms with E-state index in [0.717, 1.165) is 29.8 Å². The summed E-state index contributed by atoms with van der Waals surface area (Å²) in [6.45, 7) is 2.04. The molecule has 0 aliphatic carbocycles. The maximum Gasteiger partial charge on any atom is 0.255 e. The van der Waals surface area contributed by atoms with Crippen LogP contribution in [-0.2, 0) is 29.1 Å². The molecule has 7 nitrogen and oxygen atoms in total. The van der Waals surface area contributed by atoms with Crippen molar-refractivity contribution in [2.24, 2.45) is 0 Å². The first-order valence-corrected chi connectivity index (χ1v) is 9.95. The Balaban J connectivity index is 1.28. The Morgan fingerprint density at radius 2 is 1.93 bits per heavy atom. The predicted octanol–water partition coefficient (Wildman–Crippen LogP) is 2.03.